The molecule has 0 spiro atoms. The van der Waals surface area contributed by atoms with Crippen LogP contribution in [0.2, 0.25) is 0 Å². The zero-order valence-electron chi connectivity index (χ0n) is 29.5. The summed E-state index contributed by atoms with van der Waals surface area (Å²) in [6, 6.07) is 0.359. The van der Waals surface area contributed by atoms with Crippen LogP contribution >= 0.6 is 11.8 Å². The zero-order valence-corrected chi connectivity index (χ0v) is 31.2. The lowest BCUT2D eigenvalue weighted by molar-refractivity contribution is -0.183. The van der Waals surface area contributed by atoms with Crippen LogP contribution in [0.4, 0.5) is 4.79 Å². The van der Waals surface area contributed by atoms with E-state index < -0.39 is 15.9 Å². The molecule has 6 fully saturated rings. The Labute approximate surface area is 296 Å². The second-order valence-electron chi connectivity index (χ2n) is 16.9. The van der Waals surface area contributed by atoms with Crippen molar-refractivity contribution < 1.29 is 37.2 Å². The maximum Gasteiger partial charge on any atom is 0.315 e. The second-order valence-corrected chi connectivity index (χ2v) is 19.8. The third kappa shape index (κ3) is 7.94. The molecule has 11 nitrogen and oxygen atoms in total. The van der Waals surface area contributed by atoms with Crippen molar-refractivity contribution in [3.8, 4) is 0 Å². The highest BCUT2D eigenvalue weighted by Crippen LogP contribution is 2.68. The highest BCUT2D eigenvalue weighted by Gasteiger charge is 2.63. The molecule has 3 unspecified atom stereocenters. The van der Waals surface area contributed by atoms with Crippen LogP contribution in [0.15, 0.2) is 0 Å². The summed E-state index contributed by atoms with van der Waals surface area (Å²) in [5.74, 6) is 2.55. The maximum atomic E-state index is 12.9. The number of aliphatic hydroxyl groups excluding tert-OH is 1. The Balaban J connectivity index is 0.964. The summed E-state index contributed by atoms with van der Waals surface area (Å²) >= 11 is 1.91. The number of unbranched alkanes of at least 4 members (excludes halogenated alkanes) is 1. The van der Waals surface area contributed by atoms with Gasteiger partial charge in [0.15, 0.2) is 0 Å². The monoisotopic (exact) mass is 725 g/mol. The molecule has 6 aliphatic rings. The lowest BCUT2D eigenvalue weighted by atomic mass is 9.43. The first-order valence-electron chi connectivity index (χ1n) is 19.0. The van der Waals surface area contributed by atoms with Gasteiger partial charge in [0.2, 0.25) is 5.91 Å². The summed E-state index contributed by atoms with van der Waals surface area (Å²) in [5, 5.41) is 20.8. The van der Waals surface area contributed by atoms with Gasteiger partial charge in [0.1, 0.15) is 6.10 Å². The van der Waals surface area contributed by atoms with Gasteiger partial charge in [0, 0.05) is 30.4 Å². The largest absolute Gasteiger partial charge is 0.462 e. The molecule has 6 rings (SSSR count). The van der Waals surface area contributed by atoms with E-state index in [-0.39, 0.29) is 65.5 Å². The van der Waals surface area contributed by atoms with Crippen molar-refractivity contribution >= 4 is 39.8 Å². The molecule has 3 amide bonds. The van der Waals surface area contributed by atoms with Gasteiger partial charge in [-0.05, 0) is 117 Å². The number of nitrogens with one attached hydrogen (secondary N) is 3. The van der Waals surface area contributed by atoms with Gasteiger partial charge in [-0.3, -0.25) is 14.1 Å². The number of hydrogen-bond acceptors (Lipinski definition) is 8. The fourth-order valence-electron chi connectivity index (χ4n) is 11.7. The van der Waals surface area contributed by atoms with Crippen molar-refractivity contribution in [2.75, 3.05) is 18.1 Å². The van der Waals surface area contributed by atoms with Crippen LogP contribution < -0.4 is 16.0 Å². The van der Waals surface area contributed by atoms with E-state index in [4.69, 9.17) is 9.29 Å². The molecule has 278 valence electrons. The molecule has 5 N–H and O–H groups in total. The summed E-state index contributed by atoms with van der Waals surface area (Å²) < 4.78 is 36.9. The Bertz CT molecular complexity index is 1350. The number of carbonyl (C=O) groups is 3. The summed E-state index contributed by atoms with van der Waals surface area (Å²) in [5.41, 5.74) is 0.262. The van der Waals surface area contributed by atoms with Crippen LogP contribution in [0.3, 0.4) is 0 Å². The molecule has 13 heteroatoms. The average Bonchev–Trinajstić information content (AvgIpc) is 3.70. The molecular weight excluding hydrogens is 667 g/mol. The van der Waals surface area contributed by atoms with E-state index in [2.05, 4.69) is 36.7 Å². The number of amides is 3. The third-order valence-corrected chi connectivity index (χ3v) is 16.5. The van der Waals surface area contributed by atoms with Crippen LogP contribution in [0.1, 0.15) is 111 Å². The van der Waals surface area contributed by atoms with Crippen molar-refractivity contribution in [1.29, 1.82) is 0 Å². The SMILES string of the molecule is C[C@H](CCC(=O)NCCS(=O)(=O)O)[C@H]1CC[C@H]2C3C(CC[C@]12C)[C@@]1(C)CC[C@@H](OC(=O)CCCC[C@@H]2SC[C@@H]4NC(=O)N[C@@H]42)CC1C[C@@H]3O. The molecule has 0 radical (unpaired) electrons. The number of fused-ring (bicyclic) bond motifs is 6. The number of aliphatic hydroxyl groups is 1. The van der Waals surface area contributed by atoms with Gasteiger partial charge in [-0.1, -0.05) is 27.2 Å². The van der Waals surface area contributed by atoms with E-state index in [1.165, 1.54) is 0 Å². The van der Waals surface area contributed by atoms with Crippen LogP contribution in [0.25, 0.3) is 0 Å². The van der Waals surface area contributed by atoms with E-state index in [1.54, 1.807) is 0 Å². The molecule has 2 aliphatic heterocycles. The first kappa shape index (κ1) is 37.2. The Hall–Kier alpha value is -1.57. The highest BCUT2D eigenvalue weighted by atomic mass is 32.2. The number of thioether (sulfide) groups is 1. The van der Waals surface area contributed by atoms with Crippen molar-refractivity contribution in [3.63, 3.8) is 0 Å². The summed E-state index contributed by atoms with van der Waals surface area (Å²) in [6.07, 6.45) is 11.8. The predicted octanol–water partition coefficient (Wildman–Crippen LogP) is 4.67. The highest BCUT2D eigenvalue weighted by molar-refractivity contribution is 8.00. The summed E-state index contributed by atoms with van der Waals surface area (Å²) in [6.45, 7) is 7.04. The van der Waals surface area contributed by atoms with Crippen LogP contribution in [-0.2, 0) is 24.4 Å². The molecule has 4 saturated carbocycles. The van der Waals surface area contributed by atoms with Gasteiger partial charge in [-0.15, -0.1) is 0 Å². The molecule has 0 aromatic heterocycles. The molecule has 0 bridgehead atoms. The lowest BCUT2D eigenvalue weighted by Gasteiger charge is -2.62. The number of urea groups is 1. The van der Waals surface area contributed by atoms with Gasteiger partial charge in [0.05, 0.1) is 23.9 Å². The van der Waals surface area contributed by atoms with Gasteiger partial charge in [-0.2, -0.15) is 20.2 Å². The molecule has 0 aromatic rings. The minimum absolute atomic E-state index is 0.0650. The number of hydrogen-bond donors (Lipinski definition) is 5. The second kappa shape index (κ2) is 14.8. The van der Waals surface area contributed by atoms with E-state index in [9.17, 15) is 27.9 Å². The molecule has 49 heavy (non-hydrogen) atoms. The van der Waals surface area contributed by atoms with E-state index in [1.807, 2.05) is 11.8 Å². The van der Waals surface area contributed by atoms with Gasteiger partial charge in [-0.25, -0.2) is 4.79 Å². The van der Waals surface area contributed by atoms with E-state index in [0.717, 1.165) is 82.8 Å². The Morgan fingerprint density at radius 3 is 2.57 bits per heavy atom. The lowest BCUT2D eigenvalue weighted by Crippen LogP contribution is -2.58. The minimum Gasteiger partial charge on any atom is -0.462 e. The molecule has 0 aromatic carbocycles. The third-order valence-electron chi connectivity index (χ3n) is 14.3. The minimum atomic E-state index is -4.09. The molecule has 2 heterocycles. The maximum absolute atomic E-state index is 12.9. The fraction of sp³-hybridized carbons (Fsp3) is 0.917. The summed E-state index contributed by atoms with van der Waals surface area (Å²) in [7, 11) is -4.09. The number of esters is 1. The van der Waals surface area contributed by atoms with Crippen molar-refractivity contribution in [2.24, 2.45) is 46.3 Å². The first-order chi connectivity index (χ1) is 23.2. The van der Waals surface area contributed by atoms with Crippen LogP contribution in [-0.4, -0.2) is 83.6 Å². The van der Waals surface area contributed by atoms with Crippen molar-refractivity contribution in [2.45, 2.75) is 140 Å². The topological polar surface area (TPSA) is 171 Å². The van der Waals surface area contributed by atoms with Crippen molar-refractivity contribution in [1.82, 2.24) is 16.0 Å². The average molecular weight is 726 g/mol. The van der Waals surface area contributed by atoms with Crippen molar-refractivity contribution in [3.05, 3.63) is 0 Å². The van der Waals surface area contributed by atoms with Gasteiger partial charge >= 0.3 is 12.0 Å². The number of carbonyl (C=O) groups excluding carboxylic acids is 3. The molecule has 13 atom stereocenters. The molecule has 4 aliphatic carbocycles. The van der Waals surface area contributed by atoms with E-state index in [0.29, 0.717) is 47.7 Å². The molecule has 2 saturated heterocycles. The van der Waals surface area contributed by atoms with Crippen LogP contribution in [0.5, 0.6) is 0 Å². The number of rotatable bonds is 13. The quantitative estimate of drug-likeness (QED) is 0.0784. The normalized spacial score (nSPS) is 41.8. The standard InChI is InChI=1S/C36H59N3O8S2/c1-21(8-11-30(41)37-16-17-49(44,45)46)24-9-10-25-32-26(13-15-36(24,25)3)35(2)14-12-23(18-22(35)19-28(32)40)47-31(42)7-5-4-6-29-33-27(20-48-29)38-34(43)39-33/h21-29,32-33,40H,4-20H2,1-3H3,(H,37,41)(H2,38,39,43)(H,44,45,46)/t21-,22?,23-,24-,25+,26?,27+,28+,29+,32?,33+,35+,36-/m1/s1. The van der Waals surface area contributed by atoms with Gasteiger partial charge in [0.25, 0.3) is 10.1 Å². The Kier molecular flexibility index (Phi) is 11.2. The first-order valence-corrected chi connectivity index (χ1v) is 21.6. The summed E-state index contributed by atoms with van der Waals surface area (Å²) in [4.78, 5) is 36.9. The van der Waals surface area contributed by atoms with Gasteiger partial charge < -0.3 is 25.8 Å². The number of ether oxygens (including phenoxy) is 1. The fourth-order valence-corrected chi connectivity index (χ4v) is 13.6. The Morgan fingerprint density at radius 2 is 1.80 bits per heavy atom. The molecular formula is C36H59N3O8S2. The van der Waals surface area contributed by atoms with Crippen LogP contribution in [0, 0.1) is 46.3 Å². The van der Waals surface area contributed by atoms with E-state index >= 15 is 0 Å². The smallest absolute Gasteiger partial charge is 0.315 e. The zero-order chi connectivity index (χ0) is 35.1. The Morgan fingerprint density at radius 1 is 1.04 bits per heavy atom. The predicted molar refractivity (Wildman–Crippen MR) is 188 cm³/mol.